The summed E-state index contributed by atoms with van der Waals surface area (Å²) in [5.41, 5.74) is 9.49. The number of benzene rings is 2. The van der Waals surface area contributed by atoms with Gasteiger partial charge in [-0.2, -0.15) is 4.68 Å². The highest BCUT2D eigenvalue weighted by atomic mass is 16.5. The molecule has 8 heteroatoms. The minimum absolute atomic E-state index is 0.117. The Bertz CT molecular complexity index is 978. The number of ether oxygens (including phenoxy) is 1. The summed E-state index contributed by atoms with van der Waals surface area (Å²) < 4.78 is 7.53. The Hall–Kier alpha value is -3.26. The zero-order chi connectivity index (χ0) is 19.7. The summed E-state index contributed by atoms with van der Waals surface area (Å²) in [4.78, 5) is 11.3. The molecule has 144 valence electrons. The minimum atomic E-state index is -0.305. The summed E-state index contributed by atoms with van der Waals surface area (Å²) in [5.74, 6) is 0.330. The van der Waals surface area contributed by atoms with Crippen LogP contribution in [0.15, 0.2) is 42.5 Å². The van der Waals surface area contributed by atoms with Crippen LogP contribution < -0.4 is 15.8 Å². The van der Waals surface area contributed by atoms with Crippen molar-refractivity contribution in [1.29, 1.82) is 0 Å². The molecule has 1 aromatic heterocycles. The van der Waals surface area contributed by atoms with Gasteiger partial charge in [0.1, 0.15) is 5.75 Å². The smallest absolute Gasteiger partial charge is 0.345 e. The summed E-state index contributed by atoms with van der Waals surface area (Å²) in [5, 5.41) is 15.1. The summed E-state index contributed by atoms with van der Waals surface area (Å²) in [6.07, 6.45) is 1.63. The Balaban J connectivity index is 1.52. The summed E-state index contributed by atoms with van der Waals surface area (Å²) in [6, 6.07) is 13.9. The number of nitrogens with zero attached hydrogens (tertiary/aromatic N) is 4. The molecule has 0 saturated carbocycles. The van der Waals surface area contributed by atoms with Gasteiger partial charge in [0, 0.05) is 6.04 Å². The highest BCUT2D eigenvalue weighted by Gasteiger charge is 2.28. The average Bonchev–Trinajstić information content (AvgIpc) is 3.33. The molecular formula is C20H22N6O2. The van der Waals surface area contributed by atoms with Crippen molar-refractivity contribution in [3.05, 3.63) is 59.2 Å². The van der Waals surface area contributed by atoms with Crippen molar-refractivity contribution < 1.29 is 9.53 Å². The lowest BCUT2D eigenvalue weighted by atomic mass is 10.1. The van der Waals surface area contributed by atoms with Gasteiger partial charge >= 0.3 is 6.01 Å². The zero-order valence-corrected chi connectivity index (χ0v) is 15.8. The molecule has 2 atom stereocenters. The molecule has 8 nitrogen and oxygen atoms in total. The molecule has 28 heavy (non-hydrogen) atoms. The van der Waals surface area contributed by atoms with E-state index < -0.39 is 0 Å². The molecule has 1 aliphatic rings. The standard InChI is InChI=1S/C20H22N6O2/c1-12-4-3-5-13(2)18(12)26-20(23-24-25-26)28-15-8-6-14(7-9-15)16-10-11-17(22-16)19(21)27/h3-9,16-17,22H,10-11H2,1-2H3,(H2,21,27). The molecule has 1 aliphatic heterocycles. The third-order valence-electron chi connectivity index (χ3n) is 5.07. The van der Waals surface area contributed by atoms with E-state index >= 15 is 0 Å². The van der Waals surface area contributed by atoms with Crippen LogP contribution in [0, 0.1) is 13.8 Å². The molecule has 1 fully saturated rings. The number of hydrogen-bond acceptors (Lipinski definition) is 6. The van der Waals surface area contributed by atoms with Gasteiger partial charge < -0.3 is 10.5 Å². The third kappa shape index (κ3) is 3.46. The maximum atomic E-state index is 11.3. The SMILES string of the molecule is Cc1cccc(C)c1-n1nnnc1Oc1ccc(C2CCC(C(N)=O)N2)cc1. The number of amides is 1. The first-order valence-corrected chi connectivity index (χ1v) is 9.21. The Kier molecular flexibility index (Phi) is 4.79. The van der Waals surface area contributed by atoms with E-state index in [0.29, 0.717) is 11.8 Å². The van der Waals surface area contributed by atoms with Crippen molar-refractivity contribution in [1.82, 2.24) is 25.5 Å². The largest absolute Gasteiger partial charge is 0.423 e. The number of carbonyl (C=O) groups is 1. The molecular weight excluding hydrogens is 356 g/mol. The van der Waals surface area contributed by atoms with Crippen LogP contribution in [0.25, 0.3) is 5.69 Å². The maximum Gasteiger partial charge on any atom is 0.345 e. The van der Waals surface area contributed by atoms with Crippen molar-refractivity contribution in [2.24, 2.45) is 5.73 Å². The highest BCUT2D eigenvalue weighted by Crippen LogP contribution is 2.29. The minimum Gasteiger partial charge on any atom is -0.423 e. The van der Waals surface area contributed by atoms with E-state index in [0.717, 1.165) is 35.2 Å². The topological polar surface area (TPSA) is 108 Å². The lowest BCUT2D eigenvalue weighted by Crippen LogP contribution is -2.37. The summed E-state index contributed by atoms with van der Waals surface area (Å²) >= 11 is 0. The van der Waals surface area contributed by atoms with Crippen LogP contribution in [-0.2, 0) is 4.79 Å². The Morgan fingerprint density at radius 2 is 1.86 bits per heavy atom. The normalized spacial score (nSPS) is 18.9. The zero-order valence-electron chi connectivity index (χ0n) is 15.8. The highest BCUT2D eigenvalue weighted by molar-refractivity contribution is 5.80. The second kappa shape index (κ2) is 7.40. The van der Waals surface area contributed by atoms with Crippen LogP contribution in [0.3, 0.4) is 0 Å². The molecule has 0 spiro atoms. The lowest BCUT2D eigenvalue weighted by Gasteiger charge is -2.14. The van der Waals surface area contributed by atoms with E-state index in [-0.39, 0.29) is 18.0 Å². The second-order valence-corrected chi connectivity index (χ2v) is 7.04. The molecule has 1 saturated heterocycles. The Morgan fingerprint density at radius 3 is 2.50 bits per heavy atom. The van der Waals surface area contributed by atoms with Crippen LogP contribution in [0.1, 0.15) is 35.6 Å². The lowest BCUT2D eigenvalue weighted by molar-refractivity contribution is -0.119. The fourth-order valence-electron chi connectivity index (χ4n) is 3.63. The molecule has 0 radical (unpaired) electrons. The van der Waals surface area contributed by atoms with Crippen molar-refractivity contribution in [2.75, 3.05) is 0 Å². The first-order chi connectivity index (χ1) is 13.5. The maximum absolute atomic E-state index is 11.3. The van der Waals surface area contributed by atoms with Gasteiger partial charge in [0.15, 0.2) is 0 Å². The molecule has 0 bridgehead atoms. The fraction of sp³-hybridized carbons (Fsp3) is 0.300. The van der Waals surface area contributed by atoms with E-state index in [2.05, 4.69) is 20.8 Å². The number of nitrogens with one attached hydrogen (secondary N) is 1. The molecule has 0 aliphatic carbocycles. The number of carbonyl (C=O) groups excluding carboxylic acids is 1. The first-order valence-electron chi connectivity index (χ1n) is 9.21. The van der Waals surface area contributed by atoms with Gasteiger partial charge in [-0.05, 0) is 65.9 Å². The number of para-hydroxylation sites is 1. The van der Waals surface area contributed by atoms with Crippen molar-refractivity contribution in [2.45, 2.75) is 38.8 Å². The predicted octanol–water partition coefficient (Wildman–Crippen LogP) is 2.35. The van der Waals surface area contributed by atoms with E-state index in [1.165, 1.54) is 0 Å². The van der Waals surface area contributed by atoms with Gasteiger partial charge in [-0.15, -0.1) is 0 Å². The molecule has 3 aromatic rings. The van der Waals surface area contributed by atoms with E-state index in [9.17, 15) is 4.79 Å². The van der Waals surface area contributed by atoms with E-state index in [4.69, 9.17) is 10.5 Å². The molecule has 1 amide bonds. The average molecular weight is 378 g/mol. The van der Waals surface area contributed by atoms with Crippen molar-refractivity contribution in [3.8, 4) is 17.4 Å². The number of aryl methyl sites for hydroxylation is 2. The second-order valence-electron chi connectivity index (χ2n) is 7.04. The summed E-state index contributed by atoms with van der Waals surface area (Å²) in [7, 11) is 0. The fourth-order valence-corrected chi connectivity index (χ4v) is 3.63. The van der Waals surface area contributed by atoms with Crippen LogP contribution >= 0.6 is 0 Å². The van der Waals surface area contributed by atoms with Crippen LogP contribution in [0.5, 0.6) is 11.8 Å². The Morgan fingerprint density at radius 1 is 1.14 bits per heavy atom. The van der Waals surface area contributed by atoms with Crippen LogP contribution in [0.4, 0.5) is 0 Å². The van der Waals surface area contributed by atoms with Gasteiger partial charge in [-0.25, -0.2) is 0 Å². The van der Waals surface area contributed by atoms with E-state index in [1.807, 2.05) is 56.3 Å². The van der Waals surface area contributed by atoms with Gasteiger partial charge in [0.25, 0.3) is 0 Å². The Labute approximate surface area is 162 Å². The molecule has 4 rings (SSSR count). The monoisotopic (exact) mass is 378 g/mol. The van der Waals surface area contributed by atoms with Crippen LogP contribution in [0.2, 0.25) is 0 Å². The van der Waals surface area contributed by atoms with Gasteiger partial charge in [-0.3, -0.25) is 10.1 Å². The molecule has 3 N–H and O–H groups in total. The number of tetrazole rings is 1. The number of hydrogen-bond donors (Lipinski definition) is 2. The summed E-state index contributed by atoms with van der Waals surface area (Å²) in [6.45, 7) is 4.02. The molecule has 2 heterocycles. The third-order valence-corrected chi connectivity index (χ3v) is 5.07. The van der Waals surface area contributed by atoms with Gasteiger partial charge in [-0.1, -0.05) is 35.4 Å². The van der Waals surface area contributed by atoms with Crippen molar-refractivity contribution >= 4 is 5.91 Å². The van der Waals surface area contributed by atoms with E-state index in [1.54, 1.807) is 4.68 Å². The predicted molar refractivity (Wildman–Crippen MR) is 103 cm³/mol. The molecule has 2 unspecified atom stereocenters. The van der Waals surface area contributed by atoms with Gasteiger partial charge in [0.2, 0.25) is 5.91 Å². The first kappa shape index (κ1) is 18.1. The van der Waals surface area contributed by atoms with Crippen molar-refractivity contribution in [3.63, 3.8) is 0 Å². The number of rotatable bonds is 5. The number of aromatic nitrogens is 4. The quantitative estimate of drug-likeness (QED) is 0.706. The number of primary amides is 1. The van der Waals surface area contributed by atoms with Gasteiger partial charge in [0.05, 0.1) is 11.7 Å². The van der Waals surface area contributed by atoms with Crippen LogP contribution in [-0.4, -0.2) is 32.2 Å². The molecule has 2 aromatic carbocycles. The number of nitrogens with two attached hydrogens (primary N) is 1.